The third-order valence-corrected chi connectivity index (χ3v) is 5.81. The Bertz CT molecular complexity index is 654. The van der Waals surface area contributed by atoms with Gasteiger partial charge in [0, 0.05) is 51.9 Å². The molecule has 0 spiro atoms. The smallest absolute Gasteiger partial charge is 0.289 e. The summed E-state index contributed by atoms with van der Waals surface area (Å²) in [4.78, 5) is 24.1. The zero-order valence-electron chi connectivity index (χ0n) is 16.7. The van der Waals surface area contributed by atoms with Crippen molar-refractivity contribution in [2.24, 2.45) is 10.9 Å². The fraction of sp³-hybridized carbons (Fsp3) is 0.700. The third kappa shape index (κ3) is 5.20. The Kier molecular flexibility index (Phi) is 7.62. The van der Waals surface area contributed by atoms with Gasteiger partial charge in [-0.05, 0) is 50.8 Å². The lowest BCUT2D eigenvalue weighted by Gasteiger charge is -2.36. The third-order valence-electron chi connectivity index (χ3n) is 5.81. The van der Waals surface area contributed by atoms with E-state index >= 15 is 0 Å². The molecule has 4 rings (SSSR count). The van der Waals surface area contributed by atoms with Crippen molar-refractivity contribution in [1.82, 2.24) is 20.0 Å². The van der Waals surface area contributed by atoms with Crippen molar-refractivity contribution in [2.75, 3.05) is 52.4 Å². The Labute approximate surface area is 184 Å². The second-order valence-corrected chi connectivity index (χ2v) is 7.83. The molecule has 8 heteroatoms. The summed E-state index contributed by atoms with van der Waals surface area (Å²) in [6.07, 6.45) is 5.59. The Morgan fingerprint density at radius 2 is 1.93 bits per heavy atom. The molecule has 1 amide bonds. The summed E-state index contributed by atoms with van der Waals surface area (Å²) >= 11 is 0. The molecule has 0 bridgehead atoms. The van der Waals surface area contributed by atoms with Crippen molar-refractivity contribution in [3.05, 3.63) is 24.2 Å². The fourth-order valence-electron chi connectivity index (χ4n) is 4.10. The predicted molar refractivity (Wildman–Crippen MR) is 120 cm³/mol. The lowest BCUT2D eigenvalue weighted by atomic mass is 10.1. The number of aliphatic imine (C=N–C) groups is 1. The minimum atomic E-state index is -0.0206. The summed E-state index contributed by atoms with van der Waals surface area (Å²) in [7, 11) is 0. The first-order chi connectivity index (χ1) is 13.2. The molecular formula is C20H32IN5O2. The van der Waals surface area contributed by atoms with Crippen molar-refractivity contribution in [3.8, 4) is 0 Å². The van der Waals surface area contributed by atoms with Gasteiger partial charge in [0.15, 0.2) is 11.7 Å². The van der Waals surface area contributed by atoms with Gasteiger partial charge in [-0.3, -0.25) is 9.79 Å². The number of hydrogen-bond donors (Lipinski definition) is 1. The van der Waals surface area contributed by atoms with Crippen LogP contribution in [-0.2, 0) is 0 Å². The van der Waals surface area contributed by atoms with Gasteiger partial charge < -0.3 is 24.4 Å². The SMILES string of the molecule is CCNC(=NCC1CCN(C2CC2)C1)N1CCN(C(=O)c2ccco2)CC1.I. The van der Waals surface area contributed by atoms with E-state index < -0.39 is 0 Å². The molecule has 1 aromatic heterocycles. The van der Waals surface area contributed by atoms with E-state index in [9.17, 15) is 4.79 Å². The van der Waals surface area contributed by atoms with E-state index in [2.05, 4.69) is 22.0 Å². The molecule has 156 valence electrons. The molecule has 1 atom stereocenters. The molecule has 28 heavy (non-hydrogen) atoms. The molecule has 1 N–H and O–H groups in total. The van der Waals surface area contributed by atoms with Gasteiger partial charge in [0.05, 0.1) is 6.26 Å². The Morgan fingerprint density at radius 3 is 2.57 bits per heavy atom. The molecule has 7 nitrogen and oxygen atoms in total. The maximum Gasteiger partial charge on any atom is 0.289 e. The van der Waals surface area contributed by atoms with Gasteiger partial charge in [-0.15, -0.1) is 24.0 Å². The fourth-order valence-corrected chi connectivity index (χ4v) is 4.10. The standard InChI is InChI=1S/C20H31N5O2.HI/c1-2-21-20(22-14-16-7-8-25(15-16)17-5-6-17)24-11-9-23(10-12-24)19(26)18-4-3-13-27-18;/h3-4,13,16-17H,2,5-12,14-15H2,1H3,(H,21,22);1H. The topological polar surface area (TPSA) is 64.3 Å². The van der Waals surface area contributed by atoms with Gasteiger partial charge in [-0.2, -0.15) is 0 Å². The number of carbonyl (C=O) groups excluding carboxylic acids is 1. The molecule has 0 radical (unpaired) electrons. The van der Waals surface area contributed by atoms with Crippen LogP contribution in [0.2, 0.25) is 0 Å². The molecule has 0 aromatic carbocycles. The lowest BCUT2D eigenvalue weighted by molar-refractivity contribution is 0.0657. The van der Waals surface area contributed by atoms with Crippen LogP contribution < -0.4 is 5.32 Å². The normalized spacial score (nSPS) is 23.6. The molecule has 1 aromatic rings. The molecule has 1 aliphatic carbocycles. The molecule has 1 saturated carbocycles. The number of hydrogen-bond acceptors (Lipinski definition) is 4. The number of guanidine groups is 1. The second kappa shape index (κ2) is 9.96. The molecule has 1 unspecified atom stereocenters. The number of carbonyl (C=O) groups is 1. The van der Waals surface area contributed by atoms with Crippen LogP contribution in [0.1, 0.15) is 36.7 Å². The molecule has 2 aliphatic heterocycles. The van der Waals surface area contributed by atoms with Crippen LogP contribution in [-0.4, -0.2) is 85.0 Å². The van der Waals surface area contributed by atoms with Crippen molar-refractivity contribution < 1.29 is 9.21 Å². The highest BCUT2D eigenvalue weighted by molar-refractivity contribution is 14.0. The number of nitrogens with zero attached hydrogens (tertiary/aromatic N) is 4. The van der Waals surface area contributed by atoms with E-state index in [1.165, 1.54) is 32.4 Å². The number of likely N-dealkylation sites (tertiary alicyclic amines) is 1. The second-order valence-electron chi connectivity index (χ2n) is 7.83. The largest absolute Gasteiger partial charge is 0.459 e. The Balaban J connectivity index is 0.00000225. The van der Waals surface area contributed by atoms with Gasteiger partial charge >= 0.3 is 0 Å². The minimum absolute atomic E-state index is 0. The molecule has 3 aliphatic rings. The van der Waals surface area contributed by atoms with Crippen molar-refractivity contribution >= 4 is 35.8 Å². The highest BCUT2D eigenvalue weighted by atomic mass is 127. The zero-order chi connectivity index (χ0) is 18.6. The Morgan fingerprint density at radius 1 is 1.18 bits per heavy atom. The number of rotatable bonds is 5. The van der Waals surface area contributed by atoms with Crippen LogP contribution in [0.5, 0.6) is 0 Å². The summed E-state index contributed by atoms with van der Waals surface area (Å²) in [5.74, 6) is 2.08. The number of furan rings is 1. The maximum atomic E-state index is 12.4. The van der Waals surface area contributed by atoms with E-state index in [1.54, 1.807) is 18.4 Å². The summed E-state index contributed by atoms with van der Waals surface area (Å²) in [6, 6.07) is 4.35. The van der Waals surface area contributed by atoms with Crippen molar-refractivity contribution in [2.45, 2.75) is 32.2 Å². The molecular weight excluding hydrogens is 469 g/mol. The van der Waals surface area contributed by atoms with Crippen molar-refractivity contribution in [3.63, 3.8) is 0 Å². The van der Waals surface area contributed by atoms with E-state index in [-0.39, 0.29) is 29.9 Å². The average Bonchev–Trinajstić information content (AvgIpc) is 3.20. The first-order valence-electron chi connectivity index (χ1n) is 10.3. The minimum Gasteiger partial charge on any atom is -0.459 e. The van der Waals surface area contributed by atoms with Gasteiger partial charge in [0.2, 0.25) is 0 Å². The number of amides is 1. The van der Waals surface area contributed by atoms with E-state index in [0.717, 1.165) is 38.2 Å². The summed E-state index contributed by atoms with van der Waals surface area (Å²) < 4.78 is 5.24. The summed E-state index contributed by atoms with van der Waals surface area (Å²) in [5.41, 5.74) is 0. The summed E-state index contributed by atoms with van der Waals surface area (Å²) in [5, 5.41) is 3.43. The predicted octanol–water partition coefficient (Wildman–Crippen LogP) is 2.11. The first-order valence-corrected chi connectivity index (χ1v) is 10.3. The lowest BCUT2D eigenvalue weighted by Crippen LogP contribution is -2.53. The molecule has 2 saturated heterocycles. The Hall–Kier alpha value is -1.29. The van der Waals surface area contributed by atoms with Gasteiger partial charge in [-0.25, -0.2) is 0 Å². The van der Waals surface area contributed by atoms with Crippen LogP contribution in [0.3, 0.4) is 0 Å². The van der Waals surface area contributed by atoms with Crippen LogP contribution in [0.4, 0.5) is 0 Å². The van der Waals surface area contributed by atoms with Gasteiger partial charge in [0.25, 0.3) is 5.91 Å². The number of nitrogens with one attached hydrogen (secondary N) is 1. The van der Waals surface area contributed by atoms with E-state index in [1.807, 2.05) is 4.90 Å². The van der Waals surface area contributed by atoms with Crippen LogP contribution in [0.25, 0.3) is 0 Å². The zero-order valence-corrected chi connectivity index (χ0v) is 19.0. The summed E-state index contributed by atoms with van der Waals surface area (Å²) in [6.45, 7) is 9.32. The monoisotopic (exact) mass is 501 g/mol. The van der Waals surface area contributed by atoms with Crippen LogP contribution in [0, 0.1) is 5.92 Å². The highest BCUT2D eigenvalue weighted by Gasteiger charge is 2.34. The molecule has 3 fully saturated rings. The molecule has 3 heterocycles. The van der Waals surface area contributed by atoms with Gasteiger partial charge in [0.1, 0.15) is 0 Å². The van der Waals surface area contributed by atoms with Gasteiger partial charge in [-0.1, -0.05) is 0 Å². The number of halogens is 1. The highest BCUT2D eigenvalue weighted by Crippen LogP contribution is 2.31. The number of piperazine rings is 1. The maximum absolute atomic E-state index is 12.4. The quantitative estimate of drug-likeness (QED) is 0.381. The van der Waals surface area contributed by atoms with Crippen LogP contribution >= 0.6 is 24.0 Å². The average molecular weight is 501 g/mol. The van der Waals surface area contributed by atoms with Crippen LogP contribution in [0.15, 0.2) is 27.8 Å². The van der Waals surface area contributed by atoms with Crippen molar-refractivity contribution in [1.29, 1.82) is 0 Å². The van der Waals surface area contributed by atoms with E-state index in [0.29, 0.717) is 24.8 Å². The first kappa shape index (κ1) is 21.4. The van der Waals surface area contributed by atoms with E-state index in [4.69, 9.17) is 9.41 Å².